The number of nitrogens with two attached hydrogens (primary N) is 2. The van der Waals surface area contributed by atoms with Gasteiger partial charge in [0.05, 0.1) is 11.9 Å². The highest BCUT2D eigenvalue weighted by molar-refractivity contribution is 6.27. The summed E-state index contributed by atoms with van der Waals surface area (Å²) in [6.07, 6.45) is 4.09. The van der Waals surface area contributed by atoms with E-state index in [9.17, 15) is 24.0 Å². The number of carbonyl (C=O) groups is 5. The molecule has 0 saturated carbocycles. The minimum Gasteiger partial charge on any atom is -0.370 e. The van der Waals surface area contributed by atoms with E-state index in [4.69, 9.17) is 11.5 Å². The zero-order valence-corrected chi connectivity index (χ0v) is 28.9. The number of nitrogens with one attached hydrogen (secondary N) is 6. The first-order valence-electron chi connectivity index (χ1n) is 17.0. The van der Waals surface area contributed by atoms with Gasteiger partial charge in [0.25, 0.3) is 29.5 Å². The molecule has 0 aliphatic carbocycles. The number of nitrogens with zero attached hydrogens (tertiary/aromatic N) is 3. The van der Waals surface area contributed by atoms with Gasteiger partial charge >= 0.3 is 0 Å². The van der Waals surface area contributed by atoms with E-state index < -0.39 is 23.6 Å². The van der Waals surface area contributed by atoms with Crippen LogP contribution in [0.25, 0.3) is 32.3 Å². The molecule has 0 bridgehead atoms. The van der Waals surface area contributed by atoms with Crippen molar-refractivity contribution in [1.82, 2.24) is 30.2 Å². The zero-order valence-electron chi connectivity index (χ0n) is 28.9. The quantitative estimate of drug-likeness (QED) is 0.0397. The molecular formula is C38H35N11O5. The third kappa shape index (κ3) is 7.16. The molecule has 7 rings (SSSR count). The molecule has 5 amide bonds. The molecule has 16 nitrogen and oxygen atoms in total. The molecule has 0 radical (unpaired) electrons. The first-order valence-corrected chi connectivity index (χ1v) is 17.0. The summed E-state index contributed by atoms with van der Waals surface area (Å²) in [4.78, 5) is 76.5. The first-order chi connectivity index (χ1) is 26.0. The Morgan fingerprint density at radius 1 is 0.741 bits per heavy atom. The highest BCUT2D eigenvalue weighted by atomic mass is 16.2. The number of benzene rings is 4. The van der Waals surface area contributed by atoms with Crippen LogP contribution in [0.3, 0.4) is 0 Å². The van der Waals surface area contributed by atoms with Gasteiger partial charge in [-0.05, 0) is 69.4 Å². The molecule has 0 aliphatic heterocycles. The maximum atomic E-state index is 13.6. The van der Waals surface area contributed by atoms with Crippen LogP contribution in [0.5, 0.6) is 0 Å². The standard InChI is InChI=1S/C38H35N11O5/c1-49-19-23(44-33(50)25-12-10-22-8-7-20-5-4-6-21-9-11-24(25)31(22)30(20)21)17-28(49)36(53)47-29-18-43-32(46-29)37(54)42-16-3-2-15-41-34(51)26-13-14-27(45-26)35(52)48-38(39)40/h4-14,17-19,45H,2-3,15-16H2,1H3,(H,41,51)(H,42,54)(H,43,46)(H,44,50)(H,47,53)(H4,39,40,48,52). The van der Waals surface area contributed by atoms with Crippen LogP contribution in [0, 0.1) is 0 Å². The second kappa shape index (κ2) is 14.6. The lowest BCUT2D eigenvalue weighted by Crippen LogP contribution is -2.28. The van der Waals surface area contributed by atoms with Crippen molar-refractivity contribution in [1.29, 1.82) is 0 Å². The summed E-state index contributed by atoms with van der Waals surface area (Å²) in [5.74, 6) is -2.53. The number of rotatable bonds is 12. The zero-order chi connectivity index (χ0) is 37.9. The Morgan fingerprint density at radius 2 is 1.41 bits per heavy atom. The number of aryl methyl sites for hydroxylation is 1. The van der Waals surface area contributed by atoms with Crippen molar-refractivity contribution in [2.75, 3.05) is 23.7 Å². The summed E-state index contributed by atoms with van der Waals surface area (Å²) in [6, 6.07) is 22.5. The Labute approximate surface area is 306 Å². The predicted octanol–water partition coefficient (Wildman–Crippen LogP) is 3.83. The number of hydrogen-bond acceptors (Lipinski definition) is 6. The Hall–Kier alpha value is -7.49. The molecule has 7 aromatic rings. The van der Waals surface area contributed by atoms with Crippen LogP contribution in [-0.2, 0) is 7.05 Å². The minimum absolute atomic E-state index is 0.00422. The van der Waals surface area contributed by atoms with Crippen molar-refractivity contribution >= 4 is 79.3 Å². The van der Waals surface area contributed by atoms with Crippen LogP contribution in [0.2, 0.25) is 0 Å². The van der Waals surface area contributed by atoms with Crippen molar-refractivity contribution in [3.05, 3.63) is 114 Å². The number of aliphatic imine (C=N–C) groups is 1. The molecule has 54 heavy (non-hydrogen) atoms. The Bertz CT molecular complexity index is 2590. The molecule has 272 valence electrons. The number of carbonyl (C=O) groups excluding carboxylic acids is 5. The second-order valence-electron chi connectivity index (χ2n) is 12.6. The van der Waals surface area contributed by atoms with E-state index >= 15 is 0 Å². The number of guanidine groups is 1. The number of unbranched alkanes of at least 4 members (excludes halogenated alkanes) is 1. The second-order valence-corrected chi connectivity index (χ2v) is 12.6. The Morgan fingerprint density at radius 3 is 2.15 bits per heavy atom. The number of H-pyrrole nitrogens is 2. The van der Waals surface area contributed by atoms with Crippen molar-refractivity contribution in [3.8, 4) is 0 Å². The molecule has 3 heterocycles. The van der Waals surface area contributed by atoms with Gasteiger partial charge in [0, 0.05) is 31.9 Å². The minimum atomic E-state index is -0.694. The van der Waals surface area contributed by atoms with Crippen LogP contribution < -0.4 is 32.7 Å². The third-order valence-corrected chi connectivity index (χ3v) is 8.87. The fourth-order valence-corrected chi connectivity index (χ4v) is 6.34. The summed E-state index contributed by atoms with van der Waals surface area (Å²) < 4.78 is 1.59. The number of aromatic nitrogens is 4. The lowest BCUT2D eigenvalue weighted by atomic mass is 9.92. The van der Waals surface area contributed by atoms with Crippen molar-refractivity contribution in [3.63, 3.8) is 0 Å². The maximum absolute atomic E-state index is 13.6. The van der Waals surface area contributed by atoms with Gasteiger partial charge in [0.2, 0.25) is 0 Å². The fraction of sp³-hybridized carbons (Fsp3) is 0.132. The van der Waals surface area contributed by atoms with Gasteiger partial charge in [0.1, 0.15) is 22.9 Å². The molecule has 0 fully saturated rings. The van der Waals surface area contributed by atoms with Gasteiger partial charge in [-0.1, -0.05) is 48.5 Å². The highest BCUT2D eigenvalue weighted by Crippen LogP contribution is 2.36. The summed E-state index contributed by atoms with van der Waals surface area (Å²) in [6.45, 7) is 0.635. The first kappa shape index (κ1) is 34.9. The predicted molar refractivity (Wildman–Crippen MR) is 205 cm³/mol. The number of anilines is 2. The van der Waals surface area contributed by atoms with Gasteiger partial charge in [0.15, 0.2) is 11.8 Å². The normalized spacial score (nSPS) is 11.1. The van der Waals surface area contributed by atoms with Crippen LogP contribution in [0.15, 0.2) is 90.2 Å². The van der Waals surface area contributed by atoms with E-state index in [1.807, 2.05) is 30.3 Å². The molecule has 0 unspecified atom stereocenters. The summed E-state index contributed by atoms with van der Waals surface area (Å²) in [5.41, 5.74) is 11.9. The molecular weight excluding hydrogens is 690 g/mol. The van der Waals surface area contributed by atoms with Gasteiger partial charge in [-0.3, -0.25) is 24.0 Å². The van der Waals surface area contributed by atoms with Gasteiger partial charge < -0.3 is 47.3 Å². The van der Waals surface area contributed by atoms with Crippen LogP contribution >= 0.6 is 0 Å². The topological polar surface area (TPSA) is 247 Å². The largest absolute Gasteiger partial charge is 0.370 e. The monoisotopic (exact) mass is 725 g/mol. The molecule has 16 heteroatoms. The molecule has 3 aromatic heterocycles. The summed E-state index contributed by atoms with van der Waals surface area (Å²) >= 11 is 0. The molecule has 0 saturated heterocycles. The number of hydrogen-bond donors (Lipinski definition) is 8. The maximum Gasteiger partial charge on any atom is 0.296 e. The number of aromatic amines is 2. The summed E-state index contributed by atoms with van der Waals surface area (Å²) in [7, 11) is 1.69. The number of imidazole rings is 1. The lowest BCUT2D eigenvalue weighted by Gasteiger charge is -2.13. The Kier molecular flexibility index (Phi) is 9.46. The third-order valence-electron chi connectivity index (χ3n) is 8.87. The lowest BCUT2D eigenvalue weighted by molar-refractivity contribution is 0.0932. The van der Waals surface area contributed by atoms with E-state index in [0.29, 0.717) is 37.2 Å². The summed E-state index contributed by atoms with van der Waals surface area (Å²) in [5, 5.41) is 17.4. The highest BCUT2D eigenvalue weighted by Gasteiger charge is 2.19. The fourth-order valence-electron chi connectivity index (χ4n) is 6.34. The van der Waals surface area contributed by atoms with E-state index in [1.165, 1.54) is 18.3 Å². The van der Waals surface area contributed by atoms with E-state index in [0.717, 1.165) is 32.3 Å². The van der Waals surface area contributed by atoms with E-state index in [1.54, 1.807) is 23.9 Å². The molecule has 4 aromatic carbocycles. The smallest absolute Gasteiger partial charge is 0.296 e. The average Bonchev–Trinajstić information content (AvgIpc) is 3.92. The molecule has 0 atom stereocenters. The van der Waals surface area contributed by atoms with E-state index in [-0.39, 0.29) is 40.6 Å². The van der Waals surface area contributed by atoms with Crippen LogP contribution in [0.1, 0.15) is 65.3 Å². The molecule has 0 spiro atoms. The van der Waals surface area contributed by atoms with Crippen LogP contribution in [0.4, 0.5) is 11.5 Å². The molecule has 10 N–H and O–H groups in total. The number of amides is 5. The van der Waals surface area contributed by atoms with Crippen LogP contribution in [-0.4, -0.2) is 68.1 Å². The van der Waals surface area contributed by atoms with E-state index in [2.05, 4.69) is 65.5 Å². The van der Waals surface area contributed by atoms with Crippen molar-refractivity contribution < 1.29 is 24.0 Å². The SMILES string of the molecule is Cn1cc(NC(=O)c2ccc3ccc4cccc5ccc2c3c45)cc1C(=O)Nc1cnc(C(=O)NCCCCNC(=O)c2ccc(C(=O)N=C(N)N)[nH]2)[nH]1. The van der Waals surface area contributed by atoms with Gasteiger partial charge in [-0.2, -0.15) is 4.99 Å². The average molecular weight is 726 g/mol. The Balaban J connectivity index is 0.888. The van der Waals surface area contributed by atoms with Gasteiger partial charge in [-0.15, -0.1) is 0 Å². The van der Waals surface area contributed by atoms with Crippen molar-refractivity contribution in [2.45, 2.75) is 12.8 Å². The van der Waals surface area contributed by atoms with Crippen molar-refractivity contribution in [2.24, 2.45) is 23.5 Å². The molecule has 0 aliphatic rings. The van der Waals surface area contributed by atoms with Gasteiger partial charge in [-0.25, -0.2) is 4.98 Å².